The number of nitrogens with one attached hydrogen (secondary N) is 1. The van der Waals surface area contributed by atoms with E-state index in [1.807, 2.05) is 26.3 Å². The standard InChI is InChI=1S/C12H19NO2S/c1-8-5-12(16-4)9(6-11(8)15-3)10(14)7-13-2/h5-6,10,13-14H,7H2,1-4H3. The third kappa shape index (κ3) is 2.90. The van der Waals surface area contributed by atoms with Crippen molar-refractivity contribution in [3.63, 3.8) is 0 Å². The number of likely N-dealkylation sites (N-methyl/N-ethyl adjacent to an activating group) is 1. The fourth-order valence-corrected chi connectivity index (χ4v) is 2.36. The summed E-state index contributed by atoms with van der Waals surface area (Å²) in [5, 5.41) is 13.0. The molecule has 0 spiro atoms. The zero-order chi connectivity index (χ0) is 12.1. The van der Waals surface area contributed by atoms with E-state index in [9.17, 15) is 5.11 Å². The lowest BCUT2D eigenvalue weighted by atomic mass is 10.1. The second-order valence-electron chi connectivity index (χ2n) is 3.64. The van der Waals surface area contributed by atoms with Crippen molar-refractivity contribution in [1.29, 1.82) is 0 Å². The molecule has 0 amide bonds. The number of hydrogen-bond donors (Lipinski definition) is 2. The Morgan fingerprint density at radius 1 is 1.50 bits per heavy atom. The van der Waals surface area contributed by atoms with Crippen LogP contribution in [0.2, 0.25) is 0 Å². The molecule has 0 aliphatic rings. The molecule has 0 saturated carbocycles. The highest BCUT2D eigenvalue weighted by atomic mass is 32.2. The van der Waals surface area contributed by atoms with Crippen molar-refractivity contribution in [3.05, 3.63) is 23.3 Å². The fraction of sp³-hybridized carbons (Fsp3) is 0.500. The van der Waals surface area contributed by atoms with Crippen molar-refractivity contribution in [1.82, 2.24) is 5.32 Å². The molecule has 16 heavy (non-hydrogen) atoms. The lowest BCUT2D eigenvalue weighted by molar-refractivity contribution is 0.174. The predicted octanol–water partition coefficient (Wildman–Crippen LogP) is 1.98. The summed E-state index contributed by atoms with van der Waals surface area (Å²) in [7, 11) is 3.47. The van der Waals surface area contributed by atoms with Gasteiger partial charge in [-0.3, -0.25) is 0 Å². The van der Waals surface area contributed by atoms with Crippen LogP contribution in [0, 0.1) is 6.92 Å². The molecule has 4 heteroatoms. The Labute approximate surface area is 101 Å². The van der Waals surface area contributed by atoms with Crippen molar-refractivity contribution >= 4 is 11.8 Å². The van der Waals surface area contributed by atoms with E-state index in [-0.39, 0.29) is 0 Å². The van der Waals surface area contributed by atoms with Gasteiger partial charge < -0.3 is 15.2 Å². The molecular weight excluding hydrogens is 222 g/mol. The Hall–Kier alpha value is -0.710. The number of thioether (sulfide) groups is 1. The van der Waals surface area contributed by atoms with E-state index in [2.05, 4.69) is 11.4 Å². The molecule has 2 N–H and O–H groups in total. The van der Waals surface area contributed by atoms with E-state index in [1.54, 1.807) is 18.9 Å². The van der Waals surface area contributed by atoms with Gasteiger partial charge in [0.1, 0.15) is 5.75 Å². The molecule has 1 unspecified atom stereocenters. The van der Waals surface area contributed by atoms with Crippen LogP contribution in [0.3, 0.4) is 0 Å². The van der Waals surface area contributed by atoms with Crippen molar-refractivity contribution in [3.8, 4) is 5.75 Å². The van der Waals surface area contributed by atoms with Gasteiger partial charge in [-0.1, -0.05) is 0 Å². The van der Waals surface area contributed by atoms with Crippen LogP contribution in [-0.2, 0) is 0 Å². The Bertz CT molecular complexity index is 355. The number of aliphatic hydroxyl groups excluding tert-OH is 1. The molecule has 90 valence electrons. The number of aliphatic hydroxyl groups is 1. The maximum absolute atomic E-state index is 10.0. The lowest BCUT2D eigenvalue weighted by Gasteiger charge is -2.17. The Balaban J connectivity index is 3.13. The summed E-state index contributed by atoms with van der Waals surface area (Å²) in [5.41, 5.74) is 2.01. The summed E-state index contributed by atoms with van der Waals surface area (Å²) in [5.74, 6) is 0.822. The molecule has 0 heterocycles. The van der Waals surface area contributed by atoms with Crippen LogP contribution >= 0.6 is 11.8 Å². The summed E-state index contributed by atoms with van der Waals surface area (Å²) in [4.78, 5) is 1.10. The highest BCUT2D eigenvalue weighted by Gasteiger charge is 2.14. The summed E-state index contributed by atoms with van der Waals surface area (Å²) in [6, 6.07) is 3.97. The zero-order valence-corrected chi connectivity index (χ0v) is 11.0. The predicted molar refractivity (Wildman–Crippen MR) is 68.4 cm³/mol. The lowest BCUT2D eigenvalue weighted by Crippen LogP contribution is -2.17. The van der Waals surface area contributed by atoms with Crippen LogP contribution in [0.4, 0.5) is 0 Å². The number of benzene rings is 1. The molecule has 0 radical (unpaired) electrons. The van der Waals surface area contributed by atoms with E-state index >= 15 is 0 Å². The highest BCUT2D eigenvalue weighted by molar-refractivity contribution is 7.98. The van der Waals surface area contributed by atoms with Crippen LogP contribution in [0.5, 0.6) is 5.75 Å². The van der Waals surface area contributed by atoms with E-state index in [1.165, 1.54) is 0 Å². The van der Waals surface area contributed by atoms with Crippen LogP contribution in [0.25, 0.3) is 0 Å². The SMILES string of the molecule is CNCC(O)c1cc(OC)c(C)cc1SC. The number of aryl methyl sites for hydroxylation is 1. The first kappa shape index (κ1) is 13.4. The molecule has 1 atom stereocenters. The van der Waals surface area contributed by atoms with Crippen molar-refractivity contribution in [2.24, 2.45) is 0 Å². The van der Waals surface area contributed by atoms with E-state index < -0.39 is 6.10 Å². The van der Waals surface area contributed by atoms with Crippen LogP contribution in [-0.4, -0.2) is 32.1 Å². The van der Waals surface area contributed by atoms with Crippen LogP contribution < -0.4 is 10.1 Å². The molecule has 1 rings (SSSR count). The normalized spacial score (nSPS) is 12.6. The van der Waals surface area contributed by atoms with Gasteiger partial charge in [-0.25, -0.2) is 0 Å². The van der Waals surface area contributed by atoms with E-state index in [0.717, 1.165) is 21.8 Å². The van der Waals surface area contributed by atoms with Crippen molar-refractivity contribution < 1.29 is 9.84 Å². The van der Waals surface area contributed by atoms with Gasteiger partial charge >= 0.3 is 0 Å². The monoisotopic (exact) mass is 241 g/mol. The smallest absolute Gasteiger partial charge is 0.122 e. The molecule has 0 fully saturated rings. The topological polar surface area (TPSA) is 41.5 Å². The van der Waals surface area contributed by atoms with E-state index in [0.29, 0.717) is 6.54 Å². The summed E-state index contributed by atoms with van der Waals surface area (Å²) in [6.07, 6.45) is 1.51. The second kappa shape index (κ2) is 6.13. The van der Waals surface area contributed by atoms with Gasteiger partial charge in [-0.2, -0.15) is 0 Å². The molecule has 3 nitrogen and oxygen atoms in total. The zero-order valence-electron chi connectivity index (χ0n) is 10.2. The Morgan fingerprint density at radius 3 is 2.69 bits per heavy atom. The molecule has 0 aliphatic carbocycles. The van der Waals surface area contributed by atoms with Gasteiger partial charge in [-0.05, 0) is 43.5 Å². The van der Waals surface area contributed by atoms with Crippen molar-refractivity contribution in [2.45, 2.75) is 17.9 Å². The average molecular weight is 241 g/mol. The minimum absolute atomic E-state index is 0.498. The molecule has 0 bridgehead atoms. The number of methoxy groups -OCH3 is 1. The third-order valence-corrected chi connectivity index (χ3v) is 3.30. The summed E-state index contributed by atoms with van der Waals surface area (Å²) in [6.45, 7) is 2.55. The molecule has 0 saturated heterocycles. The van der Waals surface area contributed by atoms with Gasteiger partial charge in [0.15, 0.2) is 0 Å². The molecule has 0 aromatic heterocycles. The maximum atomic E-state index is 10.0. The van der Waals surface area contributed by atoms with Gasteiger partial charge in [0.05, 0.1) is 13.2 Å². The number of hydrogen-bond acceptors (Lipinski definition) is 4. The second-order valence-corrected chi connectivity index (χ2v) is 4.49. The summed E-state index contributed by atoms with van der Waals surface area (Å²) >= 11 is 1.64. The first-order chi connectivity index (χ1) is 7.63. The minimum atomic E-state index is -0.498. The number of rotatable bonds is 5. The minimum Gasteiger partial charge on any atom is -0.496 e. The van der Waals surface area contributed by atoms with E-state index in [4.69, 9.17) is 4.74 Å². The van der Waals surface area contributed by atoms with Gasteiger partial charge in [0, 0.05) is 11.4 Å². The first-order valence-electron chi connectivity index (χ1n) is 5.19. The third-order valence-electron chi connectivity index (χ3n) is 2.50. The van der Waals surface area contributed by atoms with Crippen LogP contribution in [0.15, 0.2) is 17.0 Å². The maximum Gasteiger partial charge on any atom is 0.122 e. The van der Waals surface area contributed by atoms with Crippen molar-refractivity contribution in [2.75, 3.05) is 27.0 Å². The van der Waals surface area contributed by atoms with Crippen LogP contribution in [0.1, 0.15) is 17.2 Å². The number of ether oxygens (including phenoxy) is 1. The largest absolute Gasteiger partial charge is 0.496 e. The molecule has 1 aromatic rings. The van der Waals surface area contributed by atoms with Gasteiger partial charge in [-0.15, -0.1) is 11.8 Å². The van der Waals surface area contributed by atoms with Gasteiger partial charge in [0.25, 0.3) is 0 Å². The highest BCUT2D eigenvalue weighted by Crippen LogP contribution is 2.32. The molecule has 1 aromatic carbocycles. The fourth-order valence-electron chi connectivity index (χ4n) is 1.64. The average Bonchev–Trinajstić information content (AvgIpc) is 2.28. The first-order valence-corrected chi connectivity index (χ1v) is 6.41. The Morgan fingerprint density at radius 2 is 2.19 bits per heavy atom. The summed E-state index contributed by atoms with van der Waals surface area (Å²) < 4.78 is 5.27. The Kier molecular flexibility index (Phi) is 5.12. The molecule has 0 aliphatic heterocycles. The quantitative estimate of drug-likeness (QED) is 0.774. The van der Waals surface area contributed by atoms with Gasteiger partial charge in [0.2, 0.25) is 0 Å². The molecular formula is C12H19NO2S.